The summed E-state index contributed by atoms with van der Waals surface area (Å²) in [6, 6.07) is 9.73. The Morgan fingerprint density at radius 1 is 1.30 bits per heavy atom. The molecule has 1 aromatic heterocycles. The van der Waals surface area contributed by atoms with Crippen LogP contribution < -0.4 is 0 Å². The van der Waals surface area contributed by atoms with Crippen LogP contribution in [-0.2, 0) is 4.74 Å². The van der Waals surface area contributed by atoms with Gasteiger partial charge in [-0.15, -0.1) is 0 Å². The number of methoxy groups -OCH3 is 1. The molecule has 1 fully saturated rings. The number of fused-ring (bicyclic) bond motifs is 2. The van der Waals surface area contributed by atoms with Gasteiger partial charge in [-0.25, -0.2) is 9.79 Å². The van der Waals surface area contributed by atoms with Gasteiger partial charge in [-0.2, -0.15) is 0 Å². The molecule has 5 nitrogen and oxygen atoms in total. The maximum absolute atomic E-state index is 11.8. The molecule has 2 aliphatic heterocycles. The van der Waals surface area contributed by atoms with Crippen LogP contribution in [0.1, 0.15) is 29.0 Å². The molecule has 3 heterocycles. The lowest BCUT2D eigenvalue weighted by Gasteiger charge is -2.18. The van der Waals surface area contributed by atoms with E-state index in [4.69, 9.17) is 14.1 Å². The van der Waals surface area contributed by atoms with E-state index in [1.54, 1.807) is 6.07 Å². The zero-order chi connectivity index (χ0) is 15.8. The zero-order valence-electron chi connectivity index (χ0n) is 12.7. The second kappa shape index (κ2) is 5.77. The fourth-order valence-corrected chi connectivity index (χ4v) is 3.84. The molecule has 1 aromatic carbocycles. The number of aliphatic imine (C=N–C) groups is 1. The van der Waals surface area contributed by atoms with Crippen molar-refractivity contribution in [3.8, 4) is 0 Å². The van der Waals surface area contributed by atoms with Crippen LogP contribution in [0.5, 0.6) is 0 Å². The van der Waals surface area contributed by atoms with Gasteiger partial charge in [0.05, 0.1) is 18.4 Å². The van der Waals surface area contributed by atoms with Crippen LogP contribution in [0, 0.1) is 0 Å². The third-order valence-electron chi connectivity index (χ3n) is 4.03. The fraction of sp³-hybridized carbons (Fsp3) is 0.294. The molecule has 118 valence electrons. The normalized spacial score (nSPS) is 16.4. The van der Waals surface area contributed by atoms with E-state index < -0.39 is 5.97 Å². The van der Waals surface area contributed by atoms with Crippen molar-refractivity contribution >= 4 is 29.3 Å². The number of benzene rings is 1. The van der Waals surface area contributed by atoms with E-state index in [-0.39, 0.29) is 5.76 Å². The second-order valence-corrected chi connectivity index (χ2v) is 6.52. The first-order valence-electron chi connectivity index (χ1n) is 7.59. The van der Waals surface area contributed by atoms with E-state index in [0.717, 1.165) is 47.9 Å². The van der Waals surface area contributed by atoms with Gasteiger partial charge in [-0.05, 0) is 36.7 Å². The van der Waals surface area contributed by atoms with Crippen molar-refractivity contribution in [3.05, 3.63) is 41.7 Å². The molecule has 0 radical (unpaired) electrons. The lowest BCUT2D eigenvalue weighted by atomic mass is 10.2. The topological polar surface area (TPSA) is 55.0 Å². The van der Waals surface area contributed by atoms with E-state index in [9.17, 15) is 4.79 Å². The number of para-hydroxylation sites is 1. The largest absolute Gasteiger partial charge is 0.463 e. The molecule has 4 rings (SSSR count). The molecule has 2 aliphatic rings. The fourth-order valence-electron chi connectivity index (χ4n) is 2.89. The van der Waals surface area contributed by atoms with E-state index >= 15 is 0 Å². The Hall–Kier alpha value is -2.21. The van der Waals surface area contributed by atoms with Crippen molar-refractivity contribution in [2.24, 2.45) is 4.99 Å². The first kappa shape index (κ1) is 14.4. The highest BCUT2D eigenvalue weighted by Crippen LogP contribution is 2.42. The average Bonchev–Trinajstić information content (AvgIpc) is 3.21. The van der Waals surface area contributed by atoms with Crippen molar-refractivity contribution in [1.82, 2.24) is 4.90 Å². The van der Waals surface area contributed by atoms with Crippen molar-refractivity contribution < 1.29 is 13.9 Å². The van der Waals surface area contributed by atoms with Gasteiger partial charge in [-0.1, -0.05) is 12.1 Å². The molecular weight excluding hydrogens is 312 g/mol. The molecule has 2 aromatic rings. The second-order valence-electron chi connectivity index (χ2n) is 5.50. The van der Waals surface area contributed by atoms with Crippen LogP contribution in [-0.4, -0.2) is 36.9 Å². The van der Waals surface area contributed by atoms with Gasteiger partial charge in [0.25, 0.3) is 0 Å². The number of rotatable bonds is 1. The predicted molar refractivity (Wildman–Crippen MR) is 87.6 cm³/mol. The Labute approximate surface area is 138 Å². The first-order valence-corrected chi connectivity index (χ1v) is 8.41. The van der Waals surface area contributed by atoms with E-state index in [0.29, 0.717) is 5.09 Å². The lowest BCUT2D eigenvalue weighted by Crippen LogP contribution is -2.28. The molecule has 6 heteroatoms. The van der Waals surface area contributed by atoms with Gasteiger partial charge in [-0.3, -0.25) is 0 Å². The van der Waals surface area contributed by atoms with Crippen molar-refractivity contribution in [1.29, 1.82) is 0 Å². The van der Waals surface area contributed by atoms with Crippen LogP contribution in [0.4, 0.5) is 5.69 Å². The minimum absolute atomic E-state index is 0.219. The molecule has 0 saturated carbocycles. The maximum atomic E-state index is 11.8. The Bertz CT molecular complexity index is 791. The summed E-state index contributed by atoms with van der Waals surface area (Å²) in [6.45, 7) is 1.95. The van der Waals surface area contributed by atoms with Crippen LogP contribution in [0.15, 0.2) is 49.7 Å². The Morgan fingerprint density at radius 2 is 2.09 bits per heavy atom. The molecular formula is C17H16N2O3S. The molecule has 1 saturated heterocycles. The summed E-state index contributed by atoms with van der Waals surface area (Å²) < 4.78 is 10.5. The lowest BCUT2D eigenvalue weighted by molar-refractivity contribution is 0.0559. The molecule has 0 amide bonds. The molecule has 0 spiro atoms. The van der Waals surface area contributed by atoms with Gasteiger partial charge < -0.3 is 14.1 Å². The van der Waals surface area contributed by atoms with Gasteiger partial charge in [0.2, 0.25) is 5.76 Å². The van der Waals surface area contributed by atoms with Gasteiger partial charge in [0.15, 0.2) is 5.09 Å². The highest BCUT2D eigenvalue weighted by atomic mass is 32.2. The number of amidine groups is 1. The highest BCUT2D eigenvalue weighted by Gasteiger charge is 2.29. The standard InChI is InChI=1S/C17H16N2O3S/c1-21-16(20)13-10-11-15(19-8-4-5-9-19)18-12-6-2-3-7-14(12)23-17(11)22-13/h2-3,6-7,10H,4-5,8-9H2,1H3. The number of furan rings is 1. The summed E-state index contributed by atoms with van der Waals surface area (Å²) >= 11 is 1.50. The summed E-state index contributed by atoms with van der Waals surface area (Å²) in [4.78, 5) is 20.0. The summed E-state index contributed by atoms with van der Waals surface area (Å²) in [6.07, 6.45) is 2.32. The van der Waals surface area contributed by atoms with E-state index in [2.05, 4.69) is 4.90 Å². The van der Waals surface area contributed by atoms with Gasteiger partial charge >= 0.3 is 5.97 Å². The van der Waals surface area contributed by atoms with Gasteiger partial charge in [0.1, 0.15) is 5.84 Å². The number of hydrogen-bond donors (Lipinski definition) is 0. The molecule has 0 unspecified atom stereocenters. The number of hydrogen-bond acceptors (Lipinski definition) is 6. The molecule has 0 atom stereocenters. The minimum Gasteiger partial charge on any atom is -0.463 e. The third kappa shape index (κ3) is 2.53. The Morgan fingerprint density at radius 3 is 2.87 bits per heavy atom. The molecule has 23 heavy (non-hydrogen) atoms. The van der Waals surface area contributed by atoms with Crippen LogP contribution in [0.2, 0.25) is 0 Å². The van der Waals surface area contributed by atoms with Crippen LogP contribution in [0.3, 0.4) is 0 Å². The minimum atomic E-state index is -0.465. The van der Waals surface area contributed by atoms with Crippen LogP contribution >= 0.6 is 11.8 Å². The average molecular weight is 328 g/mol. The quantitative estimate of drug-likeness (QED) is 0.747. The SMILES string of the molecule is COC(=O)c1cc2c(o1)Sc1ccccc1N=C2N1CCCC1. The summed E-state index contributed by atoms with van der Waals surface area (Å²) in [5.41, 5.74) is 1.80. The number of esters is 1. The number of carbonyl (C=O) groups is 1. The molecule has 0 bridgehead atoms. The number of ether oxygens (including phenoxy) is 1. The van der Waals surface area contributed by atoms with Crippen molar-refractivity contribution in [2.45, 2.75) is 22.8 Å². The van der Waals surface area contributed by atoms with E-state index in [1.165, 1.54) is 18.9 Å². The monoisotopic (exact) mass is 328 g/mol. The number of nitrogens with zero attached hydrogens (tertiary/aromatic N) is 2. The van der Waals surface area contributed by atoms with Crippen molar-refractivity contribution in [3.63, 3.8) is 0 Å². The highest BCUT2D eigenvalue weighted by molar-refractivity contribution is 7.99. The summed E-state index contributed by atoms with van der Waals surface area (Å²) in [5, 5.41) is 0.695. The number of likely N-dealkylation sites (tertiary alicyclic amines) is 1. The van der Waals surface area contributed by atoms with E-state index in [1.807, 2.05) is 24.3 Å². The summed E-state index contributed by atoms with van der Waals surface area (Å²) in [7, 11) is 1.36. The Balaban J connectivity index is 1.86. The zero-order valence-corrected chi connectivity index (χ0v) is 13.6. The smallest absolute Gasteiger partial charge is 0.374 e. The Kier molecular flexibility index (Phi) is 3.61. The van der Waals surface area contributed by atoms with Crippen molar-refractivity contribution in [2.75, 3.05) is 20.2 Å². The van der Waals surface area contributed by atoms with Crippen LogP contribution in [0.25, 0.3) is 0 Å². The molecule has 0 aliphatic carbocycles. The predicted octanol–water partition coefficient (Wildman–Crippen LogP) is 3.70. The van der Waals surface area contributed by atoms with Gasteiger partial charge in [0, 0.05) is 24.1 Å². The maximum Gasteiger partial charge on any atom is 0.374 e. The molecule has 0 N–H and O–H groups in total. The first-order chi connectivity index (χ1) is 11.3. The number of carbonyl (C=O) groups excluding carboxylic acids is 1. The summed E-state index contributed by atoms with van der Waals surface area (Å²) in [5.74, 6) is 0.637. The third-order valence-corrected chi connectivity index (χ3v) is 5.08.